The van der Waals surface area contributed by atoms with E-state index in [0.717, 1.165) is 5.69 Å². The monoisotopic (exact) mass is 232 g/mol. The van der Waals surface area contributed by atoms with Crippen LogP contribution in [0.4, 0.5) is 0 Å². The van der Waals surface area contributed by atoms with Crippen LogP contribution in [0.25, 0.3) is 16.0 Å². The van der Waals surface area contributed by atoms with Crippen molar-refractivity contribution in [1.29, 1.82) is 0 Å². The molecule has 0 aliphatic heterocycles. The second-order valence-electron chi connectivity index (χ2n) is 3.72. The number of fused-ring (bicyclic) bond motifs is 1. The lowest BCUT2D eigenvalue weighted by Gasteiger charge is -2.03. The summed E-state index contributed by atoms with van der Waals surface area (Å²) in [5.74, 6) is 0. The quantitative estimate of drug-likeness (QED) is 0.346. The lowest BCUT2D eigenvalue weighted by Crippen LogP contribution is -2.21. The van der Waals surface area contributed by atoms with Crippen LogP contribution in [0, 0.1) is 6.92 Å². The molecule has 0 amide bonds. The van der Waals surface area contributed by atoms with E-state index in [9.17, 15) is 4.79 Å². The third kappa shape index (κ3) is 2.29. The van der Waals surface area contributed by atoms with E-state index in [1.165, 1.54) is 0 Å². The van der Waals surface area contributed by atoms with E-state index < -0.39 is 0 Å². The van der Waals surface area contributed by atoms with Crippen molar-refractivity contribution in [3.63, 3.8) is 0 Å². The van der Waals surface area contributed by atoms with Crippen molar-refractivity contribution in [1.82, 2.24) is 14.2 Å². The maximum atomic E-state index is 12.0. The summed E-state index contributed by atoms with van der Waals surface area (Å²) in [4.78, 5) is 14.7. The Kier molecular flexibility index (Phi) is 3.11. The maximum absolute atomic E-state index is 12.0. The first-order valence-corrected chi connectivity index (χ1v) is 5.28. The molecule has 0 unspecified atom stereocenters. The molecule has 0 spiro atoms. The van der Waals surface area contributed by atoms with Crippen LogP contribution in [0.3, 0.4) is 0 Å². The normalized spacial score (nSPS) is 10.4. The van der Waals surface area contributed by atoms with E-state index in [1.807, 2.05) is 6.92 Å². The van der Waals surface area contributed by atoms with E-state index in [2.05, 4.69) is 15.1 Å². The van der Waals surface area contributed by atoms with Gasteiger partial charge in [0.25, 0.3) is 5.56 Å². The van der Waals surface area contributed by atoms with Gasteiger partial charge in [-0.2, -0.15) is 5.10 Å². The Labute approximate surface area is 96.9 Å². The number of aryl methyl sites for hydroxylation is 2. The maximum Gasteiger partial charge on any atom is 0.276 e. The van der Waals surface area contributed by atoms with Gasteiger partial charge in [-0.15, -0.1) is 0 Å². The smallest absolute Gasteiger partial charge is 0.276 e. The molecule has 2 aromatic heterocycles. The molecule has 2 aromatic rings. The van der Waals surface area contributed by atoms with Crippen molar-refractivity contribution in [3.8, 4) is 0 Å². The summed E-state index contributed by atoms with van der Waals surface area (Å²) in [7, 11) is 0. The van der Waals surface area contributed by atoms with E-state index in [0.29, 0.717) is 25.0 Å². The first-order chi connectivity index (χ1) is 8.22. The van der Waals surface area contributed by atoms with Crippen molar-refractivity contribution in [2.75, 3.05) is 6.54 Å². The molecule has 17 heavy (non-hydrogen) atoms. The summed E-state index contributed by atoms with van der Waals surface area (Å²) in [5, 5.41) is 7.59. The Bertz CT molecular complexity index is 634. The highest BCUT2D eigenvalue weighted by atomic mass is 16.1. The molecule has 0 N–H and O–H groups in total. The third-order valence-electron chi connectivity index (χ3n) is 2.45. The fraction of sp³-hybridized carbons (Fsp3) is 0.400. The number of nitrogens with zero attached hydrogens (tertiary/aromatic N) is 6. The highest BCUT2D eigenvalue weighted by molar-refractivity contribution is 5.44. The topological polar surface area (TPSA) is 88.1 Å². The Morgan fingerprint density at radius 1 is 1.53 bits per heavy atom. The van der Waals surface area contributed by atoms with Gasteiger partial charge < -0.3 is 4.57 Å². The van der Waals surface area contributed by atoms with E-state index in [-0.39, 0.29) is 5.56 Å². The molecule has 88 valence electrons. The summed E-state index contributed by atoms with van der Waals surface area (Å²) in [5.41, 5.74) is 9.44. The fourth-order valence-electron chi connectivity index (χ4n) is 1.68. The van der Waals surface area contributed by atoms with Crippen LogP contribution in [0.1, 0.15) is 12.1 Å². The molecule has 0 saturated carbocycles. The zero-order valence-electron chi connectivity index (χ0n) is 9.44. The number of aromatic nitrogens is 3. The second-order valence-corrected chi connectivity index (χ2v) is 3.72. The zero-order chi connectivity index (χ0) is 12.3. The molecule has 0 saturated heterocycles. The lowest BCUT2D eigenvalue weighted by molar-refractivity contribution is 0.624. The standard InChI is InChI=1S/C10H12N6O/c1-8-7-9-10(17)15(4-2-3-12-14-11)5-6-16(9)13-8/h5-7H,2-4H2,1H3. The summed E-state index contributed by atoms with van der Waals surface area (Å²) in [6, 6.07) is 1.76. The lowest BCUT2D eigenvalue weighted by atomic mass is 10.4. The highest BCUT2D eigenvalue weighted by Gasteiger charge is 2.04. The van der Waals surface area contributed by atoms with Crippen LogP contribution in [-0.4, -0.2) is 20.7 Å². The van der Waals surface area contributed by atoms with Gasteiger partial charge in [-0.25, -0.2) is 4.52 Å². The summed E-state index contributed by atoms with van der Waals surface area (Å²) >= 11 is 0. The Morgan fingerprint density at radius 2 is 2.35 bits per heavy atom. The summed E-state index contributed by atoms with van der Waals surface area (Å²) in [6.07, 6.45) is 4.09. The van der Waals surface area contributed by atoms with Gasteiger partial charge in [0.1, 0.15) is 5.52 Å². The molecule has 2 rings (SSSR count). The minimum absolute atomic E-state index is 0.0750. The van der Waals surface area contributed by atoms with Gasteiger partial charge in [-0.05, 0) is 24.9 Å². The van der Waals surface area contributed by atoms with Crippen LogP contribution >= 0.6 is 0 Å². The Hall–Kier alpha value is -2.27. The summed E-state index contributed by atoms with van der Waals surface area (Å²) in [6.45, 7) is 2.78. The second kappa shape index (κ2) is 4.71. The number of hydrogen-bond acceptors (Lipinski definition) is 3. The average molecular weight is 232 g/mol. The van der Waals surface area contributed by atoms with Gasteiger partial charge in [0.05, 0.1) is 5.69 Å². The highest BCUT2D eigenvalue weighted by Crippen LogP contribution is 2.00. The van der Waals surface area contributed by atoms with Gasteiger partial charge in [-0.1, -0.05) is 5.11 Å². The molecular weight excluding hydrogens is 220 g/mol. The molecule has 0 radical (unpaired) electrons. The van der Waals surface area contributed by atoms with Crippen LogP contribution in [-0.2, 0) is 6.54 Å². The van der Waals surface area contributed by atoms with Crippen LogP contribution in [0.5, 0.6) is 0 Å². The Morgan fingerprint density at radius 3 is 3.12 bits per heavy atom. The predicted molar refractivity (Wildman–Crippen MR) is 62.8 cm³/mol. The molecule has 0 fully saturated rings. The number of hydrogen-bond donors (Lipinski definition) is 0. The van der Waals surface area contributed by atoms with Crippen molar-refractivity contribution in [2.24, 2.45) is 5.11 Å². The molecule has 0 bridgehead atoms. The van der Waals surface area contributed by atoms with Crippen LogP contribution < -0.4 is 5.56 Å². The van der Waals surface area contributed by atoms with Crippen LogP contribution in [0.2, 0.25) is 0 Å². The van der Waals surface area contributed by atoms with Crippen molar-refractivity contribution >= 4 is 5.52 Å². The number of rotatable bonds is 4. The third-order valence-corrected chi connectivity index (χ3v) is 2.45. The first-order valence-electron chi connectivity index (χ1n) is 5.28. The van der Waals surface area contributed by atoms with Crippen molar-refractivity contribution < 1.29 is 0 Å². The Balaban J connectivity index is 2.26. The molecule has 0 aliphatic rings. The zero-order valence-corrected chi connectivity index (χ0v) is 9.44. The molecular formula is C10H12N6O. The van der Waals surface area contributed by atoms with E-state index in [1.54, 1.807) is 27.5 Å². The van der Waals surface area contributed by atoms with Gasteiger partial charge >= 0.3 is 0 Å². The predicted octanol–water partition coefficient (Wildman–Crippen LogP) is 1.50. The first kappa shape index (κ1) is 11.2. The summed E-state index contributed by atoms with van der Waals surface area (Å²) < 4.78 is 3.17. The van der Waals surface area contributed by atoms with Crippen molar-refractivity contribution in [3.05, 3.63) is 45.0 Å². The molecule has 7 nitrogen and oxygen atoms in total. The molecule has 0 atom stereocenters. The molecule has 0 aliphatic carbocycles. The largest absolute Gasteiger partial charge is 0.312 e. The van der Waals surface area contributed by atoms with Gasteiger partial charge in [0, 0.05) is 30.4 Å². The average Bonchev–Trinajstić information content (AvgIpc) is 2.69. The van der Waals surface area contributed by atoms with Gasteiger partial charge in [0.2, 0.25) is 0 Å². The van der Waals surface area contributed by atoms with Gasteiger partial charge in [0.15, 0.2) is 0 Å². The fourth-order valence-corrected chi connectivity index (χ4v) is 1.68. The minimum atomic E-state index is -0.0750. The van der Waals surface area contributed by atoms with Crippen LogP contribution in [0.15, 0.2) is 28.4 Å². The van der Waals surface area contributed by atoms with E-state index in [4.69, 9.17) is 5.53 Å². The minimum Gasteiger partial charge on any atom is -0.312 e. The van der Waals surface area contributed by atoms with E-state index >= 15 is 0 Å². The molecule has 2 heterocycles. The van der Waals surface area contributed by atoms with Gasteiger partial charge in [-0.3, -0.25) is 4.79 Å². The molecule has 0 aromatic carbocycles. The number of azide groups is 1. The van der Waals surface area contributed by atoms with Crippen molar-refractivity contribution in [2.45, 2.75) is 19.9 Å². The molecule has 7 heteroatoms. The SMILES string of the molecule is Cc1cc2c(=O)n(CCCN=[N+]=[N-])ccn2n1.